The topological polar surface area (TPSA) is 134 Å². The van der Waals surface area contributed by atoms with Crippen LogP contribution < -0.4 is 0 Å². The Kier molecular flexibility index (Phi) is 7.85. The second-order valence-corrected chi connectivity index (χ2v) is 9.37. The molecule has 1 aliphatic rings. The van der Waals surface area contributed by atoms with Gasteiger partial charge in [-0.3, -0.25) is 4.79 Å². The number of hydrogen-bond acceptors (Lipinski definition) is 7. The Balaban J connectivity index is 1.89. The minimum Gasteiger partial charge on any atom is -0.481 e. The first-order valence-corrected chi connectivity index (χ1v) is 12.1. The van der Waals surface area contributed by atoms with E-state index in [0.29, 0.717) is 18.1 Å². The lowest BCUT2D eigenvalue weighted by Crippen LogP contribution is -2.19. The standard InChI is InChI=1S/C26H30FN5O4/c1-15(2)24-21(11-10-18(33)13-19(34)14-22(35)36)23(16-6-8-17(27)9-7-16)20-5-3-4-12-32-26(25(20)28-24)29-30-31-32/h6-11,15,18-19,33-34H,3-5,12-14H2,1-2H3,(H,35,36)/b11-10+/t18-,19-/m1/s1. The molecule has 190 valence electrons. The van der Waals surface area contributed by atoms with Crippen LogP contribution in [0.15, 0.2) is 30.3 Å². The lowest BCUT2D eigenvalue weighted by Gasteiger charge is -2.23. The summed E-state index contributed by atoms with van der Waals surface area (Å²) < 4.78 is 15.6. The van der Waals surface area contributed by atoms with E-state index >= 15 is 0 Å². The number of nitrogens with zero attached hydrogens (tertiary/aromatic N) is 5. The van der Waals surface area contributed by atoms with Gasteiger partial charge in [0, 0.05) is 18.5 Å². The van der Waals surface area contributed by atoms with Gasteiger partial charge in [-0.2, -0.15) is 0 Å². The second-order valence-electron chi connectivity index (χ2n) is 9.37. The number of carboxylic acids is 1. The van der Waals surface area contributed by atoms with Gasteiger partial charge >= 0.3 is 5.97 Å². The Morgan fingerprint density at radius 1 is 1.19 bits per heavy atom. The first-order chi connectivity index (χ1) is 17.2. The van der Waals surface area contributed by atoms with E-state index < -0.39 is 24.6 Å². The van der Waals surface area contributed by atoms with Crippen molar-refractivity contribution in [1.29, 1.82) is 0 Å². The summed E-state index contributed by atoms with van der Waals surface area (Å²) in [5, 5.41) is 41.6. The van der Waals surface area contributed by atoms with E-state index in [9.17, 15) is 19.4 Å². The van der Waals surface area contributed by atoms with Crippen LogP contribution in [-0.2, 0) is 17.8 Å². The third-order valence-corrected chi connectivity index (χ3v) is 6.24. The number of halogens is 1. The summed E-state index contributed by atoms with van der Waals surface area (Å²) in [6, 6.07) is 6.27. The van der Waals surface area contributed by atoms with Crippen LogP contribution in [0.3, 0.4) is 0 Å². The van der Waals surface area contributed by atoms with Gasteiger partial charge in [0.2, 0.25) is 5.82 Å². The fourth-order valence-electron chi connectivity index (χ4n) is 4.58. The van der Waals surface area contributed by atoms with Gasteiger partial charge in [0.15, 0.2) is 0 Å². The molecule has 0 fully saturated rings. The van der Waals surface area contributed by atoms with Crippen LogP contribution in [-0.4, -0.2) is 58.7 Å². The molecule has 0 saturated carbocycles. The first-order valence-electron chi connectivity index (χ1n) is 12.1. The second kappa shape index (κ2) is 11.0. The number of pyridine rings is 1. The highest BCUT2D eigenvalue weighted by molar-refractivity contribution is 5.84. The Morgan fingerprint density at radius 2 is 1.94 bits per heavy atom. The summed E-state index contributed by atoms with van der Waals surface area (Å²) in [6.45, 7) is 4.72. The summed E-state index contributed by atoms with van der Waals surface area (Å²) in [4.78, 5) is 15.9. The predicted octanol–water partition coefficient (Wildman–Crippen LogP) is 3.60. The Bertz CT molecular complexity index is 1260. The van der Waals surface area contributed by atoms with Gasteiger partial charge in [-0.25, -0.2) is 14.1 Å². The number of fused-ring (bicyclic) bond motifs is 3. The van der Waals surface area contributed by atoms with Crippen molar-refractivity contribution in [3.63, 3.8) is 0 Å². The minimum absolute atomic E-state index is 0.00124. The summed E-state index contributed by atoms with van der Waals surface area (Å²) in [5.74, 6) is -0.891. The Morgan fingerprint density at radius 3 is 2.64 bits per heavy atom. The number of aliphatic carboxylic acids is 1. The molecular weight excluding hydrogens is 465 g/mol. The first kappa shape index (κ1) is 25.6. The molecule has 3 heterocycles. The Hall–Kier alpha value is -3.50. The largest absolute Gasteiger partial charge is 0.481 e. The molecule has 1 aliphatic heterocycles. The highest BCUT2D eigenvalue weighted by Crippen LogP contribution is 2.39. The van der Waals surface area contributed by atoms with Crippen molar-refractivity contribution in [3.8, 4) is 22.6 Å². The van der Waals surface area contributed by atoms with Crippen LogP contribution in [0, 0.1) is 5.82 Å². The number of aryl methyl sites for hydroxylation is 1. The number of carbonyl (C=O) groups is 1. The fraction of sp³-hybridized carbons (Fsp3) is 0.423. The molecule has 0 radical (unpaired) electrons. The maximum absolute atomic E-state index is 13.8. The number of hydrogen-bond donors (Lipinski definition) is 3. The molecule has 0 spiro atoms. The van der Waals surface area contributed by atoms with Gasteiger partial charge in [-0.05, 0) is 64.4 Å². The zero-order valence-corrected chi connectivity index (χ0v) is 20.3. The van der Waals surface area contributed by atoms with Crippen LogP contribution in [0.25, 0.3) is 28.7 Å². The van der Waals surface area contributed by atoms with Crippen LogP contribution >= 0.6 is 0 Å². The zero-order valence-electron chi connectivity index (χ0n) is 20.3. The smallest absolute Gasteiger partial charge is 0.305 e. The van der Waals surface area contributed by atoms with Gasteiger partial charge in [-0.1, -0.05) is 38.1 Å². The molecule has 2 aromatic heterocycles. The van der Waals surface area contributed by atoms with Crippen molar-refractivity contribution in [2.75, 3.05) is 0 Å². The summed E-state index contributed by atoms with van der Waals surface area (Å²) in [7, 11) is 0. The quantitative estimate of drug-likeness (QED) is 0.432. The summed E-state index contributed by atoms with van der Waals surface area (Å²) in [5.41, 5.74) is 4.85. The molecule has 10 heteroatoms. The van der Waals surface area contributed by atoms with Crippen molar-refractivity contribution in [2.45, 2.75) is 70.6 Å². The van der Waals surface area contributed by atoms with E-state index in [2.05, 4.69) is 15.5 Å². The normalized spacial score (nSPS) is 15.3. The highest BCUT2D eigenvalue weighted by Gasteiger charge is 2.26. The van der Waals surface area contributed by atoms with Crippen molar-refractivity contribution < 1.29 is 24.5 Å². The van der Waals surface area contributed by atoms with Crippen LogP contribution in [0.4, 0.5) is 4.39 Å². The molecule has 0 aliphatic carbocycles. The molecule has 0 saturated heterocycles. The van der Waals surface area contributed by atoms with Gasteiger partial charge in [0.25, 0.3) is 0 Å². The van der Waals surface area contributed by atoms with Crippen molar-refractivity contribution in [2.24, 2.45) is 0 Å². The lowest BCUT2D eigenvalue weighted by molar-refractivity contribution is -0.139. The molecule has 0 amide bonds. The molecule has 9 nitrogen and oxygen atoms in total. The van der Waals surface area contributed by atoms with E-state index in [0.717, 1.165) is 47.2 Å². The van der Waals surface area contributed by atoms with Crippen molar-refractivity contribution in [3.05, 3.63) is 53.0 Å². The van der Waals surface area contributed by atoms with Crippen LogP contribution in [0.2, 0.25) is 0 Å². The number of aromatic nitrogens is 5. The molecule has 36 heavy (non-hydrogen) atoms. The fourth-order valence-corrected chi connectivity index (χ4v) is 4.58. The van der Waals surface area contributed by atoms with Crippen molar-refractivity contribution in [1.82, 2.24) is 25.2 Å². The highest BCUT2D eigenvalue weighted by atomic mass is 19.1. The van der Waals surface area contributed by atoms with Gasteiger partial charge in [-0.15, -0.1) is 5.10 Å². The molecule has 4 rings (SSSR count). The Labute approximate surface area is 208 Å². The monoisotopic (exact) mass is 495 g/mol. The van der Waals surface area contributed by atoms with Crippen LogP contribution in [0.1, 0.15) is 62.3 Å². The number of carboxylic acid groups (broad SMARTS) is 1. The van der Waals surface area contributed by atoms with Gasteiger partial charge < -0.3 is 15.3 Å². The van der Waals surface area contributed by atoms with Gasteiger partial charge in [0.05, 0.1) is 24.3 Å². The van der Waals surface area contributed by atoms with E-state index in [1.165, 1.54) is 12.1 Å². The van der Waals surface area contributed by atoms with Crippen molar-refractivity contribution >= 4 is 12.0 Å². The minimum atomic E-state index is -1.17. The molecular formula is C26H30FN5O4. The predicted molar refractivity (Wildman–Crippen MR) is 131 cm³/mol. The van der Waals surface area contributed by atoms with Crippen LogP contribution in [0.5, 0.6) is 0 Å². The van der Waals surface area contributed by atoms with E-state index in [-0.39, 0.29) is 18.2 Å². The number of benzene rings is 1. The molecule has 0 bridgehead atoms. The number of aliphatic hydroxyl groups is 2. The maximum Gasteiger partial charge on any atom is 0.305 e. The summed E-state index contributed by atoms with van der Waals surface area (Å²) in [6.07, 6.45) is 3.01. The van der Waals surface area contributed by atoms with Gasteiger partial charge in [0.1, 0.15) is 11.5 Å². The third kappa shape index (κ3) is 5.66. The van der Waals surface area contributed by atoms with E-state index in [4.69, 9.17) is 10.1 Å². The average Bonchev–Trinajstić information content (AvgIpc) is 3.26. The number of aliphatic hydroxyl groups excluding tert-OH is 2. The van der Waals surface area contributed by atoms with E-state index in [1.807, 2.05) is 13.8 Å². The average molecular weight is 496 g/mol. The maximum atomic E-state index is 13.8. The lowest BCUT2D eigenvalue weighted by atomic mass is 9.86. The number of tetrazole rings is 1. The molecule has 3 aromatic rings. The SMILES string of the molecule is CC(C)c1nc2c(c(-c3ccc(F)cc3)c1/C=C/[C@@H](O)C[C@@H](O)CC(=O)O)CCCCn1nnnc1-2. The third-order valence-electron chi connectivity index (χ3n) is 6.24. The van der Waals surface area contributed by atoms with E-state index in [1.54, 1.807) is 29.0 Å². The molecule has 0 unspecified atom stereocenters. The number of rotatable bonds is 8. The zero-order chi connectivity index (χ0) is 25.8. The molecule has 2 atom stereocenters. The summed E-state index contributed by atoms with van der Waals surface area (Å²) >= 11 is 0. The molecule has 1 aromatic carbocycles. The molecule has 3 N–H and O–H groups in total.